The molecular weight excluding hydrogens is 685 g/mol. The van der Waals surface area contributed by atoms with Crippen molar-refractivity contribution in [3.63, 3.8) is 0 Å². The maximum atomic E-state index is 10.5. The van der Waals surface area contributed by atoms with E-state index in [1.807, 2.05) is 0 Å². The van der Waals surface area contributed by atoms with E-state index in [9.17, 15) is 5.11 Å². The summed E-state index contributed by atoms with van der Waals surface area (Å²) in [7, 11) is -2.55. The number of allylic oxidation sites excluding steroid dienone is 5. The van der Waals surface area contributed by atoms with Crippen LogP contribution < -0.4 is 10.4 Å². The monoisotopic (exact) mass is 771 g/mol. The molecule has 0 saturated heterocycles. The predicted octanol–water partition coefficient (Wildman–Crippen LogP) is 15.1. The molecule has 2 nitrogen and oxygen atoms in total. The summed E-state index contributed by atoms with van der Waals surface area (Å²) in [6.45, 7) is 11.7. The van der Waals surface area contributed by atoms with Crippen molar-refractivity contribution in [2.75, 3.05) is 0 Å². The largest absolute Gasteiger partial charge is 0.404 e. The summed E-state index contributed by atoms with van der Waals surface area (Å²) in [5.74, 6) is 0. The lowest BCUT2D eigenvalue weighted by molar-refractivity contribution is 0.147. The number of unbranched alkanes of at least 4 members (excludes halogenated alkanes) is 17. The molecule has 0 aliphatic carbocycles. The van der Waals surface area contributed by atoms with Crippen LogP contribution in [0.4, 0.5) is 0 Å². The quantitative estimate of drug-likeness (QED) is 0.0436. The number of aliphatic hydroxyl groups excluding tert-OH is 1. The third-order valence-electron chi connectivity index (χ3n) is 11.4. The summed E-state index contributed by atoms with van der Waals surface area (Å²) in [5.41, 5.74) is 0. The molecule has 2 aromatic rings. The molecule has 0 radical (unpaired) electrons. The first kappa shape index (κ1) is 48.9. The van der Waals surface area contributed by atoms with E-state index in [-0.39, 0.29) is 17.2 Å². The highest BCUT2D eigenvalue weighted by Crippen LogP contribution is 2.38. The lowest BCUT2D eigenvalue weighted by Gasteiger charge is -2.45. The predicted molar refractivity (Wildman–Crippen MR) is 247 cm³/mol. The summed E-state index contributed by atoms with van der Waals surface area (Å²) >= 11 is 0. The van der Waals surface area contributed by atoms with Crippen LogP contribution >= 0.6 is 0 Å². The Labute approximate surface area is 342 Å². The minimum absolute atomic E-state index is 0.00304. The first-order valence-electron chi connectivity index (χ1n) is 23.3. The van der Waals surface area contributed by atoms with E-state index in [0.717, 1.165) is 38.5 Å². The van der Waals surface area contributed by atoms with Crippen LogP contribution in [0.1, 0.15) is 202 Å². The van der Waals surface area contributed by atoms with E-state index >= 15 is 0 Å². The minimum Gasteiger partial charge on any atom is -0.404 e. The zero-order chi connectivity index (χ0) is 39.7. The van der Waals surface area contributed by atoms with Gasteiger partial charge >= 0.3 is 0 Å². The molecule has 0 saturated carbocycles. The van der Waals surface area contributed by atoms with E-state index < -0.39 is 8.32 Å². The van der Waals surface area contributed by atoms with Gasteiger partial charge in [-0.15, -0.1) is 0 Å². The molecule has 0 aliphatic rings. The van der Waals surface area contributed by atoms with Gasteiger partial charge in [-0.2, -0.15) is 0 Å². The molecule has 3 heteroatoms. The van der Waals surface area contributed by atoms with Gasteiger partial charge in [0, 0.05) is 6.10 Å². The summed E-state index contributed by atoms with van der Waals surface area (Å²) in [4.78, 5) is 0. The molecule has 310 valence electrons. The second-order valence-electron chi connectivity index (χ2n) is 17.3. The van der Waals surface area contributed by atoms with Gasteiger partial charge in [-0.1, -0.05) is 228 Å². The molecular formula is C52H86O2Si. The highest BCUT2D eigenvalue weighted by Gasteiger charge is 2.51. The van der Waals surface area contributed by atoms with Crippen LogP contribution in [0, 0.1) is 0 Å². The molecule has 0 amide bonds. The van der Waals surface area contributed by atoms with Crippen LogP contribution in [0.15, 0.2) is 97.1 Å². The third kappa shape index (κ3) is 21.8. The molecule has 1 unspecified atom stereocenters. The summed E-state index contributed by atoms with van der Waals surface area (Å²) in [6, 6.07) is 22.2. The van der Waals surface area contributed by atoms with Crippen LogP contribution in [0.5, 0.6) is 0 Å². The highest BCUT2D eigenvalue weighted by atomic mass is 28.4. The van der Waals surface area contributed by atoms with E-state index in [2.05, 4.69) is 132 Å². The molecule has 0 aliphatic heterocycles. The SMILES string of the molecule is CCCCC/C=C\C/C=C\CCCCCCCCC(O)CCCCCCCC/C=C\C[C@@H](CCCCC)O[Si](c1ccccc1)(c1ccccc1)C(C)(C)C. The van der Waals surface area contributed by atoms with Gasteiger partial charge in [0.2, 0.25) is 0 Å². The summed E-state index contributed by atoms with van der Waals surface area (Å²) in [6.07, 6.45) is 46.2. The van der Waals surface area contributed by atoms with Gasteiger partial charge in [-0.05, 0) is 86.0 Å². The van der Waals surface area contributed by atoms with Gasteiger partial charge < -0.3 is 9.53 Å². The Morgan fingerprint density at radius 2 is 0.909 bits per heavy atom. The van der Waals surface area contributed by atoms with Gasteiger partial charge in [0.1, 0.15) is 0 Å². The first-order valence-corrected chi connectivity index (χ1v) is 25.2. The number of benzene rings is 2. The van der Waals surface area contributed by atoms with Crippen LogP contribution in [0.3, 0.4) is 0 Å². The molecule has 0 fully saturated rings. The van der Waals surface area contributed by atoms with Crippen molar-refractivity contribution >= 4 is 18.7 Å². The number of hydrogen-bond acceptors (Lipinski definition) is 2. The van der Waals surface area contributed by atoms with Crippen LogP contribution in [0.25, 0.3) is 0 Å². The van der Waals surface area contributed by atoms with E-state index in [4.69, 9.17) is 4.43 Å². The van der Waals surface area contributed by atoms with Crippen molar-refractivity contribution in [2.45, 2.75) is 219 Å². The second kappa shape index (κ2) is 31.8. The Morgan fingerprint density at radius 1 is 0.509 bits per heavy atom. The molecule has 0 aromatic heterocycles. The molecule has 1 N–H and O–H groups in total. The maximum absolute atomic E-state index is 10.5. The minimum atomic E-state index is -2.55. The molecule has 2 rings (SSSR count). The molecule has 0 bridgehead atoms. The summed E-state index contributed by atoms with van der Waals surface area (Å²) < 4.78 is 7.56. The Balaban J connectivity index is 1.59. The maximum Gasteiger partial charge on any atom is 0.261 e. The Hall–Kier alpha value is -2.20. The fourth-order valence-corrected chi connectivity index (χ4v) is 12.7. The Bertz CT molecular complexity index is 1190. The fraction of sp³-hybridized carbons (Fsp3) is 0.654. The van der Waals surface area contributed by atoms with Gasteiger partial charge in [-0.3, -0.25) is 0 Å². The topological polar surface area (TPSA) is 29.5 Å². The number of rotatable bonds is 34. The number of aliphatic hydroxyl groups is 1. The van der Waals surface area contributed by atoms with Crippen molar-refractivity contribution in [1.82, 2.24) is 0 Å². The van der Waals surface area contributed by atoms with E-state index in [0.29, 0.717) is 0 Å². The summed E-state index contributed by atoms with van der Waals surface area (Å²) in [5, 5.41) is 13.2. The van der Waals surface area contributed by atoms with Crippen molar-refractivity contribution in [3.05, 3.63) is 97.1 Å². The average molecular weight is 771 g/mol. The van der Waals surface area contributed by atoms with Gasteiger partial charge in [0.05, 0.1) is 6.10 Å². The fourth-order valence-electron chi connectivity index (χ4n) is 8.02. The van der Waals surface area contributed by atoms with E-state index in [1.165, 1.54) is 139 Å². The Kier molecular flexibility index (Phi) is 28.3. The zero-order valence-electron chi connectivity index (χ0n) is 36.6. The third-order valence-corrected chi connectivity index (χ3v) is 16.4. The molecule has 2 aromatic carbocycles. The normalized spacial score (nSPS) is 13.8. The standard InChI is InChI=1S/C52H86O2Si/c1-6-8-10-11-12-13-14-15-16-17-18-19-21-24-27-33-40-48(53)41-34-28-25-22-20-23-26-29-35-43-49(42-32-9-7-2)54-55(52(3,4)5,50-44-36-30-37-45-50)51-46-38-31-39-47-51/h12-13,15-16,29-31,35-39,44-49,53H,6-11,14,17-28,32-34,40-43H2,1-5H3/b13-12-,16-15-,35-29-/t48?,49-/m1/s1. The van der Waals surface area contributed by atoms with Gasteiger partial charge in [0.25, 0.3) is 8.32 Å². The van der Waals surface area contributed by atoms with Gasteiger partial charge in [-0.25, -0.2) is 0 Å². The zero-order valence-corrected chi connectivity index (χ0v) is 37.6. The van der Waals surface area contributed by atoms with Crippen molar-refractivity contribution in [1.29, 1.82) is 0 Å². The van der Waals surface area contributed by atoms with Crippen LogP contribution in [0.2, 0.25) is 5.04 Å². The molecule has 0 heterocycles. The molecule has 55 heavy (non-hydrogen) atoms. The lowest BCUT2D eigenvalue weighted by atomic mass is 10.0. The lowest BCUT2D eigenvalue weighted by Crippen LogP contribution is -2.67. The highest BCUT2D eigenvalue weighted by molar-refractivity contribution is 6.99. The van der Waals surface area contributed by atoms with Crippen molar-refractivity contribution < 1.29 is 9.53 Å². The van der Waals surface area contributed by atoms with E-state index in [1.54, 1.807) is 0 Å². The Morgan fingerprint density at radius 3 is 1.38 bits per heavy atom. The smallest absolute Gasteiger partial charge is 0.261 e. The van der Waals surface area contributed by atoms with Crippen LogP contribution in [-0.2, 0) is 4.43 Å². The van der Waals surface area contributed by atoms with Crippen molar-refractivity contribution in [2.24, 2.45) is 0 Å². The first-order chi connectivity index (χ1) is 26.8. The average Bonchev–Trinajstić information content (AvgIpc) is 3.18. The van der Waals surface area contributed by atoms with Crippen molar-refractivity contribution in [3.8, 4) is 0 Å². The molecule has 0 spiro atoms. The van der Waals surface area contributed by atoms with Crippen LogP contribution in [-0.4, -0.2) is 25.6 Å². The number of hydrogen-bond donors (Lipinski definition) is 1. The second-order valence-corrected chi connectivity index (χ2v) is 21.6. The van der Waals surface area contributed by atoms with Gasteiger partial charge in [0.15, 0.2) is 0 Å². The molecule has 2 atom stereocenters.